The van der Waals surface area contributed by atoms with Gasteiger partial charge in [0.05, 0.1) is 15.7 Å². The van der Waals surface area contributed by atoms with E-state index in [4.69, 9.17) is 9.47 Å². The third-order valence-electron chi connectivity index (χ3n) is 4.43. The predicted molar refractivity (Wildman–Crippen MR) is 116 cm³/mol. The molecule has 0 fully saturated rings. The summed E-state index contributed by atoms with van der Waals surface area (Å²) in [6, 6.07) is 2.61. The van der Waals surface area contributed by atoms with Crippen LogP contribution in [-0.4, -0.2) is 38.1 Å². The van der Waals surface area contributed by atoms with Crippen LogP contribution in [0, 0.1) is 16.0 Å². The number of benzene rings is 1. The Bertz CT molecular complexity index is 890. The van der Waals surface area contributed by atoms with Crippen LogP contribution in [0.1, 0.15) is 46.3 Å². The van der Waals surface area contributed by atoms with E-state index in [0.29, 0.717) is 5.56 Å². The highest BCUT2D eigenvalue weighted by Crippen LogP contribution is 2.48. The summed E-state index contributed by atoms with van der Waals surface area (Å²) in [6.07, 6.45) is -0.869. The van der Waals surface area contributed by atoms with E-state index in [1.165, 1.54) is 26.0 Å². The topological polar surface area (TPSA) is 125 Å². The van der Waals surface area contributed by atoms with E-state index in [1.807, 2.05) is 0 Å². The average Bonchev–Trinajstić information content (AvgIpc) is 2.61. The SMILES string of the molecule is CC(=O)Nc1cc2c(cc1[N+](=O)[O-])[C@H](OC(=O)C(C)CSC(C)=O)[C@@H](Br)C(C)(C)O2. The number of hydrogen-bond donors (Lipinski definition) is 1. The number of carbonyl (C=O) groups excluding carboxylic acids is 3. The fourth-order valence-corrected chi connectivity index (χ4v) is 3.98. The fourth-order valence-electron chi connectivity index (χ4n) is 2.87. The molecule has 1 N–H and O–H groups in total. The zero-order chi connectivity index (χ0) is 22.8. The number of nitro benzene ring substituents is 1. The van der Waals surface area contributed by atoms with Crippen molar-refractivity contribution in [2.24, 2.45) is 5.92 Å². The van der Waals surface area contributed by atoms with Gasteiger partial charge in [0.15, 0.2) is 5.12 Å². The van der Waals surface area contributed by atoms with Gasteiger partial charge in [-0.1, -0.05) is 34.6 Å². The second kappa shape index (κ2) is 9.34. The van der Waals surface area contributed by atoms with Crippen LogP contribution in [0.3, 0.4) is 0 Å². The van der Waals surface area contributed by atoms with Crippen LogP contribution in [0.2, 0.25) is 0 Å². The number of nitrogens with one attached hydrogen (secondary N) is 1. The molecule has 164 valence electrons. The summed E-state index contributed by atoms with van der Waals surface area (Å²) in [5.41, 5.74) is -0.852. The molecule has 1 unspecified atom stereocenters. The molecule has 1 aromatic rings. The van der Waals surface area contributed by atoms with Crippen molar-refractivity contribution in [3.63, 3.8) is 0 Å². The zero-order valence-electron chi connectivity index (χ0n) is 17.2. The van der Waals surface area contributed by atoms with Gasteiger partial charge in [0, 0.05) is 37.3 Å². The van der Waals surface area contributed by atoms with Crippen molar-refractivity contribution in [1.29, 1.82) is 0 Å². The number of rotatable bonds is 6. The van der Waals surface area contributed by atoms with Crippen LogP contribution in [0.5, 0.6) is 5.75 Å². The molecule has 11 heteroatoms. The van der Waals surface area contributed by atoms with Crippen LogP contribution in [0.25, 0.3) is 0 Å². The summed E-state index contributed by atoms with van der Waals surface area (Å²) in [5.74, 6) is -1.01. The van der Waals surface area contributed by atoms with Gasteiger partial charge in [0.25, 0.3) is 5.69 Å². The molecule has 1 heterocycles. The van der Waals surface area contributed by atoms with Gasteiger partial charge in [-0.15, -0.1) is 0 Å². The Balaban J connectivity index is 2.45. The van der Waals surface area contributed by atoms with E-state index in [0.717, 1.165) is 11.8 Å². The van der Waals surface area contributed by atoms with Crippen molar-refractivity contribution < 1.29 is 28.8 Å². The summed E-state index contributed by atoms with van der Waals surface area (Å²) in [5, 5.41) is 13.9. The van der Waals surface area contributed by atoms with Crippen molar-refractivity contribution in [3.8, 4) is 5.75 Å². The highest BCUT2D eigenvalue weighted by Gasteiger charge is 2.46. The molecular formula is C19H23BrN2O7S. The number of nitrogens with zero attached hydrogens (tertiary/aromatic N) is 1. The maximum atomic E-state index is 12.6. The number of amides is 1. The molecule has 30 heavy (non-hydrogen) atoms. The molecule has 3 atom stereocenters. The maximum absolute atomic E-state index is 12.6. The lowest BCUT2D eigenvalue weighted by atomic mass is 9.90. The number of halogens is 1. The number of fused-ring (bicyclic) bond motifs is 1. The molecule has 0 saturated carbocycles. The van der Waals surface area contributed by atoms with E-state index in [-0.39, 0.29) is 28.0 Å². The van der Waals surface area contributed by atoms with Crippen LogP contribution in [0.15, 0.2) is 12.1 Å². The maximum Gasteiger partial charge on any atom is 0.310 e. The zero-order valence-corrected chi connectivity index (χ0v) is 19.6. The number of alkyl halides is 1. The molecule has 0 bridgehead atoms. The summed E-state index contributed by atoms with van der Waals surface area (Å²) in [4.78, 5) is 45.7. The predicted octanol–water partition coefficient (Wildman–Crippen LogP) is 3.99. The quantitative estimate of drug-likeness (QED) is 0.268. The molecule has 2 rings (SSSR count). The van der Waals surface area contributed by atoms with E-state index < -0.39 is 39.2 Å². The lowest BCUT2D eigenvalue weighted by molar-refractivity contribution is -0.384. The van der Waals surface area contributed by atoms with Crippen molar-refractivity contribution in [1.82, 2.24) is 0 Å². The molecule has 1 aliphatic heterocycles. The third-order valence-corrected chi connectivity index (χ3v) is 7.08. The van der Waals surface area contributed by atoms with Gasteiger partial charge in [0.1, 0.15) is 23.1 Å². The number of carbonyl (C=O) groups is 3. The Morgan fingerprint density at radius 1 is 1.37 bits per heavy atom. The molecule has 1 aliphatic rings. The number of hydrogen-bond acceptors (Lipinski definition) is 8. The van der Waals surface area contributed by atoms with Gasteiger partial charge in [-0.25, -0.2) is 0 Å². The monoisotopic (exact) mass is 502 g/mol. The van der Waals surface area contributed by atoms with Crippen molar-refractivity contribution >= 4 is 56.1 Å². The van der Waals surface area contributed by atoms with Gasteiger partial charge in [0.2, 0.25) is 5.91 Å². The van der Waals surface area contributed by atoms with Crippen LogP contribution < -0.4 is 10.1 Å². The molecule has 0 spiro atoms. The second-order valence-electron chi connectivity index (χ2n) is 7.51. The van der Waals surface area contributed by atoms with E-state index in [1.54, 1.807) is 20.8 Å². The van der Waals surface area contributed by atoms with Gasteiger partial charge < -0.3 is 14.8 Å². The standard InChI is InChI=1S/C19H23BrN2O7S/c1-9(8-30-11(3)24)18(25)28-16-12-6-14(22(26)27)13(21-10(2)23)7-15(12)29-19(4,5)17(16)20/h6-7,9,16-17H,8H2,1-5H3,(H,21,23)/t9?,16-,17+/m0/s1. The number of nitro groups is 1. The first kappa shape index (κ1) is 24.1. The molecule has 1 aromatic carbocycles. The number of esters is 1. The molecular weight excluding hydrogens is 480 g/mol. The Morgan fingerprint density at radius 2 is 2.00 bits per heavy atom. The first-order valence-electron chi connectivity index (χ1n) is 9.10. The first-order chi connectivity index (χ1) is 13.8. The van der Waals surface area contributed by atoms with E-state index in [2.05, 4.69) is 21.2 Å². The largest absolute Gasteiger partial charge is 0.486 e. The minimum atomic E-state index is -0.869. The Morgan fingerprint density at radius 3 is 2.53 bits per heavy atom. The Labute approximate surface area is 186 Å². The molecule has 0 saturated heterocycles. The summed E-state index contributed by atoms with van der Waals surface area (Å²) >= 11 is 4.53. The lowest BCUT2D eigenvalue weighted by Crippen LogP contribution is -2.47. The van der Waals surface area contributed by atoms with Crippen molar-refractivity contribution in [3.05, 3.63) is 27.8 Å². The van der Waals surface area contributed by atoms with E-state index in [9.17, 15) is 24.5 Å². The van der Waals surface area contributed by atoms with Gasteiger partial charge >= 0.3 is 5.97 Å². The number of ether oxygens (including phenoxy) is 2. The van der Waals surface area contributed by atoms with E-state index >= 15 is 0 Å². The average molecular weight is 503 g/mol. The van der Waals surface area contributed by atoms with Crippen molar-refractivity contribution in [2.75, 3.05) is 11.1 Å². The summed E-state index contributed by atoms with van der Waals surface area (Å²) in [6.45, 7) is 7.87. The summed E-state index contributed by atoms with van der Waals surface area (Å²) in [7, 11) is 0. The van der Waals surface area contributed by atoms with Crippen LogP contribution in [-0.2, 0) is 19.1 Å². The van der Waals surface area contributed by atoms with Crippen LogP contribution >= 0.6 is 27.7 Å². The van der Waals surface area contributed by atoms with Crippen molar-refractivity contribution in [2.45, 2.75) is 51.2 Å². The summed E-state index contributed by atoms with van der Waals surface area (Å²) < 4.78 is 11.7. The Kier molecular flexibility index (Phi) is 7.51. The smallest absolute Gasteiger partial charge is 0.310 e. The van der Waals surface area contributed by atoms with Crippen LogP contribution in [0.4, 0.5) is 11.4 Å². The molecule has 1 amide bonds. The van der Waals surface area contributed by atoms with Gasteiger partial charge in [-0.3, -0.25) is 24.5 Å². The Hall–Kier alpha value is -2.14. The highest BCUT2D eigenvalue weighted by atomic mass is 79.9. The minimum Gasteiger partial charge on any atom is -0.486 e. The lowest BCUT2D eigenvalue weighted by Gasteiger charge is -2.41. The second-order valence-corrected chi connectivity index (χ2v) is 9.70. The highest BCUT2D eigenvalue weighted by molar-refractivity contribution is 9.09. The molecule has 0 aromatic heterocycles. The fraction of sp³-hybridized carbons (Fsp3) is 0.526. The molecule has 9 nitrogen and oxygen atoms in total. The number of anilines is 1. The normalized spacial score (nSPS) is 20.3. The number of thioether (sulfide) groups is 1. The van der Waals surface area contributed by atoms with Gasteiger partial charge in [-0.05, 0) is 13.8 Å². The minimum absolute atomic E-state index is 0.00799. The molecule has 0 radical (unpaired) electrons. The van der Waals surface area contributed by atoms with Gasteiger partial charge in [-0.2, -0.15) is 0 Å². The first-order valence-corrected chi connectivity index (χ1v) is 11.0. The molecule has 0 aliphatic carbocycles. The third kappa shape index (κ3) is 5.51.